The molecule has 2 heterocycles. The molecule has 1 saturated heterocycles. The summed E-state index contributed by atoms with van der Waals surface area (Å²) in [5.74, 6) is -4.36. The molecule has 0 N–H and O–H groups in total. The number of rotatable bonds is 3. The fourth-order valence-corrected chi connectivity index (χ4v) is 2.84. The van der Waals surface area contributed by atoms with Crippen LogP contribution < -0.4 is 0 Å². The first-order valence-corrected chi connectivity index (χ1v) is 7.27. The molecular weight excluding hydrogens is 304 g/mol. The topological polar surface area (TPSA) is 33.2 Å². The quantitative estimate of drug-likeness (QED) is 0.813. The normalized spacial score (nSPS) is 17.8. The smallest absolute Gasteiger partial charge is 0.223 e. The Hall–Kier alpha value is -2.37. The molecule has 0 spiro atoms. The highest BCUT2D eigenvalue weighted by atomic mass is 19.2. The van der Waals surface area contributed by atoms with Gasteiger partial charge >= 0.3 is 0 Å². The van der Waals surface area contributed by atoms with Gasteiger partial charge in [0, 0.05) is 37.8 Å². The first-order chi connectivity index (χ1) is 11.0. The van der Waals surface area contributed by atoms with Crippen molar-refractivity contribution in [1.82, 2.24) is 9.88 Å². The van der Waals surface area contributed by atoms with E-state index in [1.807, 2.05) is 13.0 Å². The number of nitrogens with zero attached hydrogens (tertiary/aromatic N) is 2. The lowest BCUT2D eigenvalue weighted by atomic mass is 9.98. The summed E-state index contributed by atoms with van der Waals surface area (Å²) in [5, 5.41) is 0. The van der Waals surface area contributed by atoms with Crippen LogP contribution in [-0.2, 0) is 11.3 Å². The van der Waals surface area contributed by atoms with Crippen LogP contribution in [0, 0.1) is 24.4 Å². The van der Waals surface area contributed by atoms with E-state index in [1.54, 1.807) is 17.3 Å². The molecule has 3 nitrogen and oxygen atoms in total. The Labute approximate surface area is 131 Å². The number of aromatic nitrogens is 1. The van der Waals surface area contributed by atoms with Crippen molar-refractivity contribution >= 4 is 5.91 Å². The first-order valence-electron chi connectivity index (χ1n) is 7.27. The summed E-state index contributed by atoms with van der Waals surface area (Å²) >= 11 is 0. The SMILES string of the molecule is Cc1cnccc1CN1CC(c2cc(F)c(F)c([18F])c2)CC1=O. The van der Waals surface area contributed by atoms with Crippen LogP contribution in [0.15, 0.2) is 30.6 Å². The van der Waals surface area contributed by atoms with Crippen LogP contribution >= 0.6 is 0 Å². The summed E-state index contributed by atoms with van der Waals surface area (Å²) in [6.45, 7) is 2.69. The van der Waals surface area contributed by atoms with Gasteiger partial charge in [0.2, 0.25) is 5.91 Å². The Kier molecular flexibility index (Phi) is 4.07. The van der Waals surface area contributed by atoms with Crippen molar-refractivity contribution in [2.75, 3.05) is 6.54 Å². The Balaban J connectivity index is 1.79. The highest BCUT2D eigenvalue weighted by Gasteiger charge is 2.31. The van der Waals surface area contributed by atoms with E-state index in [0.29, 0.717) is 18.7 Å². The van der Waals surface area contributed by atoms with E-state index in [1.165, 1.54) is 0 Å². The third kappa shape index (κ3) is 3.06. The fourth-order valence-electron chi connectivity index (χ4n) is 2.84. The zero-order chi connectivity index (χ0) is 16.6. The molecule has 3 rings (SSSR count). The fraction of sp³-hybridized carbons (Fsp3) is 0.294. The van der Waals surface area contributed by atoms with Crippen molar-refractivity contribution in [3.8, 4) is 0 Å². The molecule has 0 bridgehead atoms. The van der Waals surface area contributed by atoms with Gasteiger partial charge in [-0.3, -0.25) is 9.78 Å². The molecule has 120 valence electrons. The molecule has 1 aromatic heterocycles. The monoisotopic (exact) mass is 319 g/mol. The molecule has 0 aliphatic carbocycles. The van der Waals surface area contributed by atoms with Crippen LogP contribution in [0.4, 0.5) is 13.2 Å². The Morgan fingerprint density at radius 1 is 1.26 bits per heavy atom. The van der Waals surface area contributed by atoms with Crippen molar-refractivity contribution in [1.29, 1.82) is 0 Å². The number of halogens is 3. The molecule has 1 unspecified atom stereocenters. The van der Waals surface area contributed by atoms with Crippen molar-refractivity contribution in [3.05, 3.63) is 64.7 Å². The number of hydrogen-bond donors (Lipinski definition) is 0. The Morgan fingerprint density at radius 2 is 1.96 bits per heavy atom. The zero-order valence-electron chi connectivity index (χ0n) is 12.5. The standard InChI is InChI=1S/C17H15F3N2O/c1-10-7-21-3-2-11(10)8-22-9-13(6-16(22)23)12-4-14(18)17(20)15(19)5-12/h2-5,7,13H,6,8-9H2,1H3/i18-1. The third-order valence-electron chi connectivity index (χ3n) is 4.19. The van der Waals surface area contributed by atoms with E-state index < -0.39 is 17.5 Å². The van der Waals surface area contributed by atoms with Gasteiger partial charge in [-0.25, -0.2) is 13.2 Å². The maximum atomic E-state index is 13.4. The van der Waals surface area contributed by atoms with Crippen molar-refractivity contribution < 1.29 is 18.0 Å². The van der Waals surface area contributed by atoms with E-state index in [-0.39, 0.29) is 18.2 Å². The summed E-state index contributed by atoms with van der Waals surface area (Å²) in [4.78, 5) is 17.8. The minimum atomic E-state index is -1.48. The second kappa shape index (κ2) is 6.02. The predicted molar refractivity (Wildman–Crippen MR) is 78.1 cm³/mol. The molecule has 1 fully saturated rings. The summed E-state index contributed by atoms with van der Waals surface area (Å²) in [7, 11) is 0. The van der Waals surface area contributed by atoms with Gasteiger partial charge < -0.3 is 4.90 Å². The number of carbonyl (C=O) groups excluding carboxylic acids is 1. The van der Waals surface area contributed by atoms with Crippen LogP contribution in [0.25, 0.3) is 0 Å². The number of hydrogen-bond acceptors (Lipinski definition) is 2. The minimum Gasteiger partial charge on any atom is -0.338 e. The van der Waals surface area contributed by atoms with Crippen molar-refractivity contribution in [2.45, 2.75) is 25.8 Å². The molecule has 1 atom stereocenters. The number of pyridine rings is 1. The van der Waals surface area contributed by atoms with Gasteiger partial charge in [0.15, 0.2) is 17.5 Å². The number of amides is 1. The minimum absolute atomic E-state index is 0.0867. The molecular formula is C17H15F3N2O. The molecule has 1 amide bonds. The number of carbonyl (C=O) groups is 1. The number of likely N-dealkylation sites (tertiary alicyclic amines) is 1. The van der Waals surface area contributed by atoms with E-state index in [2.05, 4.69) is 4.98 Å². The highest BCUT2D eigenvalue weighted by Crippen LogP contribution is 2.31. The van der Waals surface area contributed by atoms with Gasteiger partial charge in [-0.2, -0.15) is 0 Å². The van der Waals surface area contributed by atoms with E-state index in [0.717, 1.165) is 23.3 Å². The molecule has 2 aromatic rings. The molecule has 1 aromatic carbocycles. The average molecular weight is 319 g/mol. The van der Waals surface area contributed by atoms with Crippen molar-refractivity contribution in [2.24, 2.45) is 0 Å². The zero-order valence-corrected chi connectivity index (χ0v) is 12.5. The summed E-state index contributed by atoms with van der Waals surface area (Å²) in [5.41, 5.74) is 2.26. The van der Waals surface area contributed by atoms with Gasteiger partial charge in [-0.05, 0) is 41.8 Å². The van der Waals surface area contributed by atoms with Crippen LogP contribution in [0.5, 0.6) is 0 Å². The average Bonchev–Trinajstić information content (AvgIpc) is 2.88. The van der Waals surface area contributed by atoms with Gasteiger partial charge in [0.05, 0.1) is 0 Å². The maximum absolute atomic E-state index is 13.4. The van der Waals surface area contributed by atoms with Gasteiger partial charge in [-0.15, -0.1) is 0 Å². The van der Waals surface area contributed by atoms with E-state index in [9.17, 15) is 18.0 Å². The Morgan fingerprint density at radius 3 is 2.61 bits per heavy atom. The lowest BCUT2D eigenvalue weighted by Gasteiger charge is -2.18. The highest BCUT2D eigenvalue weighted by molar-refractivity contribution is 5.79. The van der Waals surface area contributed by atoms with E-state index in [4.69, 9.17) is 0 Å². The molecule has 6 heteroatoms. The number of aryl methyl sites for hydroxylation is 1. The molecule has 23 heavy (non-hydrogen) atoms. The first kappa shape index (κ1) is 15.5. The predicted octanol–water partition coefficient (Wildman–Crippen LogP) is 3.32. The second-order valence-electron chi connectivity index (χ2n) is 5.78. The molecule has 1 aliphatic heterocycles. The van der Waals surface area contributed by atoms with Crippen LogP contribution in [0.3, 0.4) is 0 Å². The van der Waals surface area contributed by atoms with Crippen LogP contribution in [-0.4, -0.2) is 22.3 Å². The lowest BCUT2D eigenvalue weighted by Crippen LogP contribution is -2.24. The number of benzene rings is 1. The Bertz CT molecular complexity index is 740. The van der Waals surface area contributed by atoms with Gasteiger partial charge in [0.1, 0.15) is 0 Å². The van der Waals surface area contributed by atoms with Gasteiger partial charge in [-0.1, -0.05) is 0 Å². The van der Waals surface area contributed by atoms with E-state index >= 15 is 0 Å². The largest absolute Gasteiger partial charge is 0.338 e. The summed E-state index contributed by atoms with van der Waals surface area (Å²) < 4.78 is 39.8. The van der Waals surface area contributed by atoms with Crippen LogP contribution in [0.1, 0.15) is 29.0 Å². The lowest BCUT2D eigenvalue weighted by molar-refractivity contribution is -0.128. The molecule has 0 saturated carbocycles. The third-order valence-corrected chi connectivity index (χ3v) is 4.19. The summed E-state index contributed by atoms with van der Waals surface area (Å²) in [6, 6.07) is 3.78. The summed E-state index contributed by atoms with van der Waals surface area (Å²) in [6.07, 6.45) is 3.54. The maximum Gasteiger partial charge on any atom is 0.223 e. The van der Waals surface area contributed by atoms with Crippen molar-refractivity contribution in [3.63, 3.8) is 0 Å². The molecule has 0 radical (unpaired) electrons. The van der Waals surface area contributed by atoms with Crippen LogP contribution in [0.2, 0.25) is 0 Å². The second-order valence-corrected chi connectivity index (χ2v) is 5.78. The molecule has 1 aliphatic rings. The van der Waals surface area contributed by atoms with Gasteiger partial charge in [0.25, 0.3) is 0 Å².